The third kappa shape index (κ3) is 5.73. The molecule has 2 aromatic carbocycles. The molecule has 3 rings (SSSR count). The average molecular weight is 489 g/mol. The number of imide groups is 1. The van der Waals surface area contributed by atoms with Crippen molar-refractivity contribution in [3.63, 3.8) is 0 Å². The molecule has 34 heavy (non-hydrogen) atoms. The Morgan fingerprint density at radius 3 is 2.35 bits per heavy atom. The van der Waals surface area contributed by atoms with E-state index in [0.29, 0.717) is 22.8 Å². The van der Waals surface area contributed by atoms with Gasteiger partial charge in [0.05, 0.1) is 26.2 Å². The second-order valence-electron chi connectivity index (χ2n) is 6.90. The molecule has 1 aliphatic rings. The number of amides is 3. The number of phenols is 1. The van der Waals surface area contributed by atoms with Crippen molar-refractivity contribution in [3.05, 3.63) is 46.9 Å². The van der Waals surface area contributed by atoms with Crippen molar-refractivity contribution < 1.29 is 38.4 Å². The van der Waals surface area contributed by atoms with Crippen LogP contribution in [0.25, 0.3) is 6.08 Å². The summed E-state index contributed by atoms with van der Waals surface area (Å²) in [7, 11) is 4.45. The molecular weight excluding hydrogens is 464 g/mol. The number of thioether (sulfide) groups is 1. The third-order valence-electron chi connectivity index (χ3n) is 4.74. The molecule has 10 nitrogen and oxygen atoms in total. The summed E-state index contributed by atoms with van der Waals surface area (Å²) in [5.41, 5.74) is 0.592. The number of hydrogen-bond donors (Lipinski definition) is 2. The van der Waals surface area contributed by atoms with Crippen LogP contribution in [0.4, 0.5) is 4.79 Å². The summed E-state index contributed by atoms with van der Waals surface area (Å²) in [6.45, 7) is -0.265. The number of phenolic OH excluding ortho intramolecular Hbond substituents is 1. The first-order valence-electron chi connectivity index (χ1n) is 10.1. The SMILES string of the molecule is COc1cc(/C=C2/SC(=O)N(CCNC(=O)COc3ccccc3O)C2=O)cc(OC)c1OC. The van der Waals surface area contributed by atoms with Crippen molar-refractivity contribution in [2.24, 2.45) is 0 Å². The number of aromatic hydroxyl groups is 1. The lowest BCUT2D eigenvalue weighted by molar-refractivity contribution is -0.125. The maximum atomic E-state index is 12.7. The van der Waals surface area contributed by atoms with Crippen molar-refractivity contribution in [2.75, 3.05) is 41.0 Å². The van der Waals surface area contributed by atoms with Crippen molar-refractivity contribution in [2.45, 2.75) is 0 Å². The lowest BCUT2D eigenvalue weighted by Gasteiger charge is -2.14. The van der Waals surface area contributed by atoms with E-state index in [1.807, 2.05) is 0 Å². The molecule has 3 amide bonds. The lowest BCUT2D eigenvalue weighted by Crippen LogP contribution is -2.38. The number of carbonyl (C=O) groups excluding carboxylic acids is 3. The minimum Gasteiger partial charge on any atom is -0.504 e. The van der Waals surface area contributed by atoms with Crippen LogP contribution in [0.5, 0.6) is 28.7 Å². The molecule has 0 aliphatic carbocycles. The number of hydrogen-bond acceptors (Lipinski definition) is 9. The van der Waals surface area contributed by atoms with E-state index in [9.17, 15) is 19.5 Å². The van der Waals surface area contributed by atoms with Crippen LogP contribution in [0.3, 0.4) is 0 Å². The normalized spacial score (nSPS) is 14.3. The Bertz CT molecular complexity index is 1090. The van der Waals surface area contributed by atoms with Crippen LogP contribution in [0.15, 0.2) is 41.3 Å². The van der Waals surface area contributed by atoms with E-state index >= 15 is 0 Å². The van der Waals surface area contributed by atoms with Crippen molar-refractivity contribution in [1.29, 1.82) is 0 Å². The number of para-hydroxylation sites is 2. The monoisotopic (exact) mass is 488 g/mol. The second-order valence-corrected chi connectivity index (χ2v) is 7.89. The van der Waals surface area contributed by atoms with Gasteiger partial charge in [0.25, 0.3) is 17.1 Å². The zero-order valence-electron chi connectivity index (χ0n) is 18.8. The third-order valence-corrected chi connectivity index (χ3v) is 5.65. The standard InChI is InChI=1S/C23H24N2O8S/c1-30-17-10-14(11-18(31-2)21(17)32-3)12-19-22(28)25(23(29)34-19)9-8-24-20(27)13-33-16-7-5-4-6-15(16)26/h4-7,10-12,26H,8-9,13H2,1-3H3,(H,24,27)/b19-12+. The van der Waals surface area contributed by atoms with E-state index in [1.54, 1.807) is 30.3 Å². The Labute approximate surface area is 200 Å². The van der Waals surface area contributed by atoms with E-state index in [1.165, 1.54) is 33.5 Å². The molecule has 0 saturated carbocycles. The molecular formula is C23H24N2O8S. The van der Waals surface area contributed by atoms with Gasteiger partial charge < -0.3 is 29.4 Å². The van der Waals surface area contributed by atoms with Crippen LogP contribution in [-0.2, 0) is 9.59 Å². The van der Waals surface area contributed by atoms with Gasteiger partial charge in [-0.25, -0.2) is 0 Å². The molecule has 0 bridgehead atoms. The van der Waals surface area contributed by atoms with E-state index in [4.69, 9.17) is 18.9 Å². The van der Waals surface area contributed by atoms with Gasteiger partial charge in [-0.15, -0.1) is 0 Å². The number of rotatable bonds is 10. The molecule has 0 radical (unpaired) electrons. The summed E-state index contributed by atoms with van der Waals surface area (Å²) >= 11 is 0.802. The predicted molar refractivity (Wildman–Crippen MR) is 125 cm³/mol. The quantitative estimate of drug-likeness (QED) is 0.486. The highest BCUT2D eigenvalue weighted by molar-refractivity contribution is 8.18. The van der Waals surface area contributed by atoms with E-state index in [2.05, 4.69) is 5.32 Å². The van der Waals surface area contributed by atoms with Crippen molar-refractivity contribution in [3.8, 4) is 28.7 Å². The van der Waals surface area contributed by atoms with Gasteiger partial charge in [0.15, 0.2) is 29.6 Å². The van der Waals surface area contributed by atoms with E-state index < -0.39 is 17.1 Å². The summed E-state index contributed by atoms with van der Waals surface area (Å²) in [6.07, 6.45) is 1.56. The fourth-order valence-electron chi connectivity index (χ4n) is 3.11. The number of nitrogens with one attached hydrogen (secondary N) is 1. The van der Waals surface area contributed by atoms with Crippen molar-refractivity contribution in [1.82, 2.24) is 10.2 Å². The Morgan fingerprint density at radius 1 is 1.06 bits per heavy atom. The summed E-state index contributed by atoms with van der Waals surface area (Å²) in [5, 5.41) is 11.8. The minimum atomic E-state index is -0.469. The van der Waals surface area contributed by atoms with Crippen LogP contribution in [0, 0.1) is 0 Å². The van der Waals surface area contributed by atoms with Crippen molar-refractivity contribution >= 4 is 34.9 Å². The van der Waals surface area contributed by atoms with Crippen LogP contribution in [0.2, 0.25) is 0 Å². The van der Waals surface area contributed by atoms with Crippen LogP contribution in [-0.4, -0.2) is 68.1 Å². The highest BCUT2D eigenvalue weighted by atomic mass is 32.2. The number of benzene rings is 2. The summed E-state index contributed by atoms with van der Waals surface area (Å²) in [5.74, 6) is 0.429. The molecule has 180 valence electrons. The van der Waals surface area contributed by atoms with Crippen LogP contribution < -0.4 is 24.3 Å². The Hall–Kier alpha value is -3.86. The molecule has 0 spiro atoms. The highest BCUT2D eigenvalue weighted by Gasteiger charge is 2.34. The Kier molecular flexibility index (Phi) is 8.25. The molecule has 1 aliphatic heterocycles. The first-order chi connectivity index (χ1) is 16.4. The zero-order chi connectivity index (χ0) is 24.7. The van der Waals surface area contributed by atoms with Gasteiger partial charge in [0.1, 0.15) is 0 Å². The Morgan fingerprint density at radius 2 is 1.74 bits per heavy atom. The summed E-state index contributed by atoms with van der Waals surface area (Å²) < 4.78 is 21.2. The molecule has 1 saturated heterocycles. The fourth-order valence-corrected chi connectivity index (χ4v) is 3.97. The molecule has 0 aromatic heterocycles. The first-order valence-corrected chi connectivity index (χ1v) is 10.9. The first kappa shape index (κ1) is 24.8. The number of methoxy groups -OCH3 is 3. The fraction of sp³-hybridized carbons (Fsp3) is 0.261. The number of carbonyl (C=O) groups is 3. The predicted octanol–water partition coefficient (Wildman–Crippen LogP) is 2.65. The van der Waals surface area contributed by atoms with Gasteiger partial charge in [-0.05, 0) is 47.7 Å². The molecule has 1 fully saturated rings. The molecule has 2 aromatic rings. The van der Waals surface area contributed by atoms with E-state index in [0.717, 1.165) is 16.7 Å². The van der Waals surface area contributed by atoms with Crippen LogP contribution >= 0.6 is 11.8 Å². The van der Waals surface area contributed by atoms with Gasteiger partial charge in [0.2, 0.25) is 5.75 Å². The molecule has 0 atom stereocenters. The number of ether oxygens (including phenoxy) is 4. The average Bonchev–Trinajstić information content (AvgIpc) is 3.10. The van der Waals surface area contributed by atoms with Gasteiger partial charge in [0, 0.05) is 13.1 Å². The van der Waals surface area contributed by atoms with Gasteiger partial charge >= 0.3 is 0 Å². The highest BCUT2D eigenvalue weighted by Crippen LogP contribution is 2.40. The van der Waals surface area contributed by atoms with Gasteiger partial charge in [-0.3, -0.25) is 19.3 Å². The second kappa shape index (κ2) is 11.3. The van der Waals surface area contributed by atoms with Gasteiger partial charge in [-0.2, -0.15) is 0 Å². The summed E-state index contributed by atoms with van der Waals surface area (Å²) in [4.78, 5) is 38.4. The Balaban J connectivity index is 1.59. The molecule has 1 heterocycles. The maximum Gasteiger partial charge on any atom is 0.293 e. The molecule has 0 unspecified atom stereocenters. The van der Waals surface area contributed by atoms with Gasteiger partial charge in [-0.1, -0.05) is 12.1 Å². The van der Waals surface area contributed by atoms with Crippen LogP contribution in [0.1, 0.15) is 5.56 Å². The minimum absolute atomic E-state index is 0.000408. The molecule has 2 N–H and O–H groups in total. The maximum absolute atomic E-state index is 12.7. The number of nitrogens with zero attached hydrogens (tertiary/aromatic N) is 1. The zero-order valence-corrected chi connectivity index (χ0v) is 19.6. The topological polar surface area (TPSA) is 124 Å². The largest absolute Gasteiger partial charge is 0.504 e. The molecule has 11 heteroatoms. The smallest absolute Gasteiger partial charge is 0.293 e. The summed E-state index contributed by atoms with van der Waals surface area (Å²) in [6, 6.07) is 9.61. The van der Waals surface area contributed by atoms with E-state index in [-0.39, 0.29) is 36.1 Å². The lowest BCUT2D eigenvalue weighted by atomic mass is 10.1.